The summed E-state index contributed by atoms with van der Waals surface area (Å²) < 4.78 is 4.84. The van der Waals surface area contributed by atoms with Crippen molar-refractivity contribution >= 4 is 5.90 Å². The van der Waals surface area contributed by atoms with Crippen LogP contribution in [0.4, 0.5) is 0 Å². The Kier molecular flexibility index (Phi) is 12.0. The Morgan fingerprint density at radius 3 is 2.36 bits per heavy atom. The second kappa shape index (κ2) is 10.5. The zero-order valence-corrected chi connectivity index (χ0v) is 9.52. The fraction of sp³-hybridized carbons (Fsp3) is 0.700. The quantitative estimate of drug-likeness (QED) is 0.213. The smallest absolute Gasteiger partial charge is 0.332 e. The van der Waals surface area contributed by atoms with Crippen LogP contribution in [0, 0.1) is 0 Å². The van der Waals surface area contributed by atoms with Gasteiger partial charge in [-0.05, 0) is 19.3 Å². The Morgan fingerprint density at radius 2 is 1.86 bits per heavy atom. The fourth-order valence-electron chi connectivity index (χ4n) is 1.03. The SMILES string of the molecule is C=C(CO)CCCCCC(=[NH2+])OC.[Cl-]. The van der Waals surface area contributed by atoms with E-state index in [1.165, 1.54) is 0 Å². The van der Waals surface area contributed by atoms with Gasteiger partial charge in [-0.25, -0.2) is 5.41 Å². The molecule has 0 aromatic carbocycles. The van der Waals surface area contributed by atoms with Gasteiger partial charge in [0.1, 0.15) is 0 Å². The van der Waals surface area contributed by atoms with Crippen molar-refractivity contribution in [3.05, 3.63) is 12.2 Å². The molecule has 0 saturated heterocycles. The molecule has 0 aromatic heterocycles. The first-order valence-electron chi connectivity index (χ1n) is 4.63. The zero-order chi connectivity index (χ0) is 10.1. The number of unbranched alkanes of at least 4 members (excludes halogenated alkanes) is 2. The van der Waals surface area contributed by atoms with Crippen LogP contribution in [-0.4, -0.2) is 24.7 Å². The maximum atomic E-state index is 8.67. The zero-order valence-electron chi connectivity index (χ0n) is 8.76. The molecule has 0 atom stereocenters. The summed E-state index contributed by atoms with van der Waals surface area (Å²) in [6, 6.07) is 0. The molecule has 0 heterocycles. The van der Waals surface area contributed by atoms with Crippen LogP contribution in [0.15, 0.2) is 12.2 Å². The number of aliphatic hydroxyl groups is 1. The average molecular weight is 222 g/mol. The minimum atomic E-state index is 0. The van der Waals surface area contributed by atoms with Gasteiger partial charge in [0, 0.05) is 0 Å². The Morgan fingerprint density at radius 1 is 1.29 bits per heavy atom. The molecule has 84 valence electrons. The van der Waals surface area contributed by atoms with Crippen LogP contribution in [0.2, 0.25) is 0 Å². The molecule has 0 aliphatic rings. The molecule has 0 fully saturated rings. The number of halogens is 1. The molecule has 0 unspecified atom stereocenters. The van der Waals surface area contributed by atoms with Crippen LogP contribution < -0.4 is 17.8 Å². The van der Waals surface area contributed by atoms with Crippen LogP contribution in [0.5, 0.6) is 0 Å². The summed E-state index contributed by atoms with van der Waals surface area (Å²) in [6.45, 7) is 3.82. The van der Waals surface area contributed by atoms with E-state index < -0.39 is 0 Å². The number of hydrogen-bond donors (Lipinski definition) is 2. The maximum absolute atomic E-state index is 8.67. The topological polar surface area (TPSA) is 55.0 Å². The minimum Gasteiger partial charge on any atom is -1.00 e. The molecule has 0 bridgehead atoms. The lowest BCUT2D eigenvalue weighted by atomic mass is 10.1. The number of nitrogens with two attached hydrogens (primary N) is 1. The highest BCUT2D eigenvalue weighted by Gasteiger charge is 2.00. The molecule has 0 radical (unpaired) electrons. The molecule has 3 N–H and O–H groups in total. The Bertz CT molecular complexity index is 154. The average Bonchev–Trinajstić information content (AvgIpc) is 2.16. The Balaban J connectivity index is 0. The summed E-state index contributed by atoms with van der Waals surface area (Å²) in [5.41, 5.74) is 0.906. The normalized spacial score (nSPS) is 9.00. The summed E-state index contributed by atoms with van der Waals surface area (Å²) in [5, 5.41) is 14.2. The van der Waals surface area contributed by atoms with E-state index in [4.69, 9.17) is 15.3 Å². The second-order valence-electron chi connectivity index (χ2n) is 3.14. The Hall–Kier alpha value is -0.540. The first-order chi connectivity index (χ1) is 6.20. The minimum absolute atomic E-state index is 0. The molecular formula is C10H20ClNO2. The summed E-state index contributed by atoms with van der Waals surface area (Å²) >= 11 is 0. The molecule has 0 rings (SSSR count). The van der Waals surface area contributed by atoms with Crippen molar-refractivity contribution in [3.8, 4) is 0 Å². The van der Waals surface area contributed by atoms with Gasteiger partial charge in [-0.3, -0.25) is 0 Å². The fourth-order valence-corrected chi connectivity index (χ4v) is 1.03. The van der Waals surface area contributed by atoms with Crippen LogP contribution in [0.25, 0.3) is 0 Å². The third-order valence-electron chi connectivity index (χ3n) is 1.94. The Labute approximate surface area is 92.1 Å². The van der Waals surface area contributed by atoms with E-state index in [1.54, 1.807) is 7.11 Å². The van der Waals surface area contributed by atoms with E-state index in [0.717, 1.165) is 37.7 Å². The molecule has 0 aromatic rings. The largest absolute Gasteiger partial charge is 1.00 e. The summed E-state index contributed by atoms with van der Waals surface area (Å²) in [4.78, 5) is 0. The van der Waals surface area contributed by atoms with Crippen molar-refractivity contribution in [2.45, 2.75) is 32.1 Å². The molecule has 0 amide bonds. The van der Waals surface area contributed by atoms with Gasteiger partial charge in [-0.15, -0.1) is 0 Å². The van der Waals surface area contributed by atoms with Crippen LogP contribution in [0.3, 0.4) is 0 Å². The predicted molar refractivity (Wildman–Crippen MR) is 53.3 cm³/mol. The lowest BCUT2D eigenvalue weighted by molar-refractivity contribution is -0.140. The molecule has 4 heteroatoms. The van der Waals surface area contributed by atoms with E-state index in [-0.39, 0.29) is 19.0 Å². The number of rotatable bonds is 7. The molecule has 3 nitrogen and oxygen atoms in total. The lowest BCUT2D eigenvalue weighted by Crippen LogP contribution is -3.00. The van der Waals surface area contributed by atoms with Crippen molar-refractivity contribution in [2.24, 2.45) is 0 Å². The molecule has 14 heavy (non-hydrogen) atoms. The number of aliphatic hydroxyl groups excluding tert-OH is 1. The van der Waals surface area contributed by atoms with Gasteiger partial charge in [-0.1, -0.05) is 18.6 Å². The van der Waals surface area contributed by atoms with E-state index in [9.17, 15) is 0 Å². The van der Waals surface area contributed by atoms with E-state index in [0.29, 0.717) is 5.90 Å². The molecule has 0 spiro atoms. The van der Waals surface area contributed by atoms with E-state index in [1.807, 2.05) is 0 Å². The summed E-state index contributed by atoms with van der Waals surface area (Å²) in [6.07, 6.45) is 4.93. The predicted octanol–water partition coefficient (Wildman–Crippen LogP) is -2.71. The standard InChI is InChI=1S/C10H19NO2.ClH/c1-9(8-12)6-4-3-5-7-10(11)13-2;/h11-12H,1,3-8H2,2H3;1H. The van der Waals surface area contributed by atoms with Crippen LogP contribution in [-0.2, 0) is 4.74 Å². The first kappa shape index (κ1) is 15.9. The second-order valence-corrected chi connectivity index (χ2v) is 3.14. The summed E-state index contributed by atoms with van der Waals surface area (Å²) in [7, 11) is 1.59. The van der Waals surface area contributed by atoms with Crippen LogP contribution >= 0.6 is 0 Å². The van der Waals surface area contributed by atoms with Crippen molar-refractivity contribution in [2.75, 3.05) is 13.7 Å². The molecular weight excluding hydrogens is 202 g/mol. The van der Waals surface area contributed by atoms with Gasteiger partial charge in [-0.2, -0.15) is 0 Å². The van der Waals surface area contributed by atoms with Crippen LogP contribution in [0.1, 0.15) is 32.1 Å². The van der Waals surface area contributed by atoms with Crippen molar-refractivity contribution in [1.29, 1.82) is 0 Å². The molecule has 0 saturated carbocycles. The van der Waals surface area contributed by atoms with Gasteiger partial charge in [0.15, 0.2) is 0 Å². The lowest BCUT2D eigenvalue weighted by Gasteiger charge is -2.01. The number of hydrogen-bond acceptors (Lipinski definition) is 2. The molecule has 0 aliphatic heterocycles. The monoisotopic (exact) mass is 221 g/mol. The van der Waals surface area contributed by atoms with E-state index >= 15 is 0 Å². The molecule has 0 aliphatic carbocycles. The van der Waals surface area contributed by atoms with Gasteiger partial charge < -0.3 is 22.3 Å². The number of ether oxygens (including phenoxy) is 1. The highest BCUT2D eigenvalue weighted by molar-refractivity contribution is 5.68. The maximum Gasteiger partial charge on any atom is 0.332 e. The van der Waals surface area contributed by atoms with Crippen molar-refractivity contribution in [3.63, 3.8) is 0 Å². The third-order valence-corrected chi connectivity index (χ3v) is 1.94. The van der Waals surface area contributed by atoms with E-state index in [2.05, 4.69) is 6.58 Å². The highest BCUT2D eigenvalue weighted by atomic mass is 35.5. The van der Waals surface area contributed by atoms with Crippen molar-refractivity contribution < 1.29 is 27.7 Å². The number of methoxy groups -OCH3 is 1. The van der Waals surface area contributed by atoms with Gasteiger partial charge in [0.05, 0.1) is 20.1 Å². The summed E-state index contributed by atoms with van der Waals surface area (Å²) in [5.74, 6) is 0.598. The van der Waals surface area contributed by atoms with Gasteiger partial charge in [0.2, 0.25) is 0 Å². The van der Waals surface area contributed by atoms with Crippen molar-refractivity contribution in [1.82, 2.24) is 0 Å². The first-order valence-corrected chi connectivity index (χ1v) is 4.63. The third kappa shape index (κ3) is 9.55. The van der Waals surface area contributed by atoms with Gasteiger partial charge >= 0.3 is 5.90 Å². The highest BCUT2D eigenvalue weighted by Crippen LogP contribution is 2.07. The van der Waals surface area contributed by atoms with Gasteiger partial charge in [0.25, 0.3) is 0 Å².